The van der Waals surface area contributed by atoms with Gasteiger partial charge in [0.1, 0.15) is 5.01 Å². The molecule has 4 nitrogen and oxygen atoms in total. The maximum atomic E-state index is 12.8. The molecule has 0 aliphatic carbocycles. The van der Waals surface area contributed by atoms with Crippen molar-refractivity contribution in [2.75, 3.05) is 0 Å². The van der Waals surface area contributed by atoms with Gasteiger partial charge in [-0.25, -0.2) is 4.98 Å². The van der Waals surface area contributed by atoms with Gasteiger partial charge in [0.15, 0.2) is 0 Å². The van der Waals surface area contributed by atoms with Crippen LogP contribution in [-0.4, -0.2) is 15.9 Å². The zero-order valence-electron chi connectivity index (χ0n) is 16.1. The largest absolute Gasteiger partial charge is 0.343 e. The molecular formula is C24H21N3OS. The highest BCUT2D eigenvalue weighted by molar-refractivity contribution is 7.13. The first-order valence-electron chi connectivity index (χ1n) is 9.46. The van der Waals surface area contributed by atoms with Crippen molar-refractivity contribution in [3.05, 3.63) is 107 Å². The minimum absolute atomic E-state index is 0.0781. The molecule has 2 heterocycles. The standard InChI is InChI=1S/C24H21N3OS/c1-17-8-7-11-19(14-17)24-26-20(16-29-24)15-22(28)27-23(18-9-3-2-4-10-18)21-12-5-6-13-25-21/h2-14,16,23H,15H2,1H3,(H,27,28). The first kappa shape index (κ1) is 19.0. The van der Waals surface area contributed by atoms with Crippen LogP contribution in [0, 0.1) is 6.92 Å². The van der Waals surface area contributed by atoms with E-state index in [2.05, 4.69) is 34.3 Å². The highest BCUT2D eigenvalue weighted by Crippen LogP contribution is 2.25. The monoisotopic (exact) mass is 399 g/mol. The van der Waals surface area contributed by atoms with E-state index in [-0.39, 0.29) is 18.4 Å². The van der Waals surface area contributed by atoms with Crippen molar-refractivity contribution in [2.24, 2.45) is 0 Å². The summed E-state index contributed by atoms with van der Waals surface area (Å²) in [5.41, 5.74) is 4.86. The van der Waals surface area contributed by atoms with Crippen molar-refractivity contribution in [1.82, 2.24) is 15.3 Å². The lowest BCUT2D eigenvalue weighted by Crippen LogP contribution is -2.31. The van der Waals surface area contributed by atoms with E-state index in [0.717, 1.165) is 27.5 Å². The molecule has 1 amide bonds. The number of aromatic nitrogens is 2. The number of thiazole rings is 1. The summed E-state index contributed by atoms with van der Waals surface area (Å²) in [6, 6.07) is 23.6. The molecule has 0 fully saturated rings. The molecule has 0 aliphatic rings. The fourth-order valence-corrected chi connectivity index (χ4v) is 4.01. The lowest BCUT2D eigenvalue weighted by atomic mass is 10.0. The summed E-state index contributed by atoms with van der Waals surface area (Å²) in [5, 5.41) is 6.00. The third-order valence-electron chi connectivity index (χ3n) is 4.58. The lowest BCUT2D eigenvalue weighted by Gasteiger charge is -2.18. The number of aryl methyl sites for hydroxylation is 1. The predicted octanol–water partition coefficient (Wildman–Crippen LogP) is 4.96. The quantitative estimate of drug-likeness (QED) is 0.498. The third-order valence-corrected chi connectivity index (χ3v) is 5.52. The van der Waals surface area contributed by atoms with Crippen molar-refractivity contribution in [3.63, 3.8) is 0 Å². The normalized spacial score (nSPS) is 11.8. The number of hydrogen-bond acceptors (Lipinski definition) is 4. The molecule has 1 atom stereocenters. The molecule has 0 radical (unpaired) electrons. The Morgan fingerprint density at radius 2 is 1.86 bits per heavy atom. The fourth-order valence-electron chi connectivity index (χ4n) is 3.20. The van der Waals surface area contributed by atoms with E-state index in [1.54, 1.807) is 17.5 Å². The second kappa shape index (κ2) is 8.80. The Balaban J connectivity index is 1.50. The number of benzene rings is 2. The van der Waals surface area contributed by atoms with E-state index in [1.807, 2.05) is 66.0 Å². The number of nitrogens with one attached hydrogen (secondary N) is 1. The molecule has 144 valence electrons. The molecular weight excluding hydrogens is 378 g/mol. The van der Waals surface area contributed by atoms with Gasteiger partial charge in [-0.05, 0) is 30.7 Å². The zero-order valence-corrected chi connectivity index (χ0v) is 16.9. The van der Waals surface area contributed by atoms with Gasteiger partial charge in [0, 0.05) is 17.1 Å². The molecule has 0 spiro atoms. The molecule has 2 aromatic carbocycles. The second-order valence-corrected chi connectivity index (χ2v) is 7.71. The number of carbonyl (C=O) groups is 1. The van der Waals surface area contributed by atoms with Gasteiger partial charge in [0.2, 0.25) is 5.91 Å². The molecule has 29 heavy (non-hydrogen) atoms. The average molecular weight is 400 g/mol. The predicted molar refractivity (Wildman–Crippen MR) is 117 cm³/mol. The van der Waals surface area contributed by atoms with Gasteiger partial charge >= 0.3 is 0 Å². The highest BCUT2D eigenvalue weighted by atomic mass is 32.1. The minimum atomic E-state index is -0.292. The number of nitrogens with zero attached hydrogens (tertiary/aromatic N) is 2. The van der Waals surface area contributed by atoms with Crippen LogP contribution in [0.15, 0.2) is 84.4 Å². The summed E-state index contributed by atoms with van der Waals surface area (Å²) in [6.45, 7) is 2.06. The van der Waals surface area contributed by atoms with Crippen LogP contribution < -0.4 is 5.32 Å². The Kier molecular flexibility index (Phi) is 5.77. The van der Waals surface area contributed by atoms with E-state index in [9.17, 15) is 4.79 Å². The summed E-state index contributed by atoms with van der Waals surface area (Å²) >= 11 is 1.56. The first-order chi connectivity index (χ1) is 14.2. The molecule has 4 rings (SSSR count). The van der Waals surface area contributed by atoms with Crippen LogP contribution in [0.5, 0.6) is 0 Å². The third kappa shape index (κ3) is 4.76. The Bertz CT molecular complexity index is 1050. The summed E-state index contributed by atoms with van der Waals surface area (Å²) in [7, 11) is 0. The molecule has 4 aromatic rings. The van der Waals surface area contributed by atoms with Gasteiger partial charge in [0.25, 0.3) is 0 Å². The van der Waals surface area contributed by atoms with Crippen LogP contribution in [0.4, 0.5) is 0 Å². The number of pyridine rings is 1. The van der Waals surface area contributed by atoms with Crippen LogP contribution in [-0.2, 0) is 11.2 Å². The van der Waals surface area contributed by atoms with Gasteiger partial charge < -0.3 is 5.32 Å². The maximum absolute atomic E-state index is 12.8. The van der Waals surface area contributed by atoms with Crippen LogP contribution in [0.25, 0.3) is 10.6 Å². The number of hydrogen-bond donors (Lipinski definition) is 1. The zero-order chi connectivity index (χ0) is 20.1. The van der Waals surface area contributed by atoms with Crippen LogP contribution >= 0.6 is 11.3 Å². The average Bonchev–Trinajstić information content (AvgIpc) is 3.22. The molecule has 0 saturated heterocycles. The maximum Gasteiger partial charge on any atom is 0.226 e. The van der Waals surface area contributed by atoms with Crippen molar-refractivity contribution in [1.29, 1.82) is 0 Å². The second-order valence-electron chi connectivity index (χ2n) is 6.86. The van der Waals surface area contributed by atoms with Gasteiger partial charge in [0.05, 0.1) is 23.9 Å². The SMILES string of the molecule is Cc1cccc(-c2nc(CC(=O)NC(c3ccccc3)c3ccccn3)cs2)c1. The molecule has 1 N–H and O–H groups in total. The summed E-state index contributed by atoms with van der Waals surface area (Å²) < 4.78 is 0. The molecule has 1 unspecified atom stereocenters. The Hall–Kier alpha value is -3.31. The summed E-state index contributed by atoms with van der Waals surface area (Å²) in [4.78, 5) is 21.9. The highest BCUT2D eigenvalue weighted by Gasteiger charge is 2.18. The van der Waals surface area contributed by atoms with Crippen LogP contribution in [0.1, 0.15) is 28.6 Å². The van der Waals surface area contributed by atoms with E-state index < -0.39 is 0 Å². The molecule has 0 bridgehead atoms. The van der Waals surface area contributed by atoms with Crippen molar-refractivity contribution in [2.45, 2.75) is 19.4 Å². The van der Waals surface area contributed by atoms with Gasteiger partial charge in [-0.15, -0.1) is 11.3 Å². The lowest BCUT2D eigenvalue weighted by molar-refractivity contribution is -0.121. The summed E-state index contributed by atoms with van der Waals surface area (Å²) in [6.07, 6.45) is 1.98. The van der Waals surface area contributed by atoms with E-state index in [1.165, 1.54) is 5.56 Å². The van der Waals surface area contributed by atoms with Crippen molar-refractivity contribution < 1.29 is 4.79 Å². The molecule has 0 aliphatic heterocycles. The van der Waals surface area contributed by atoms with Crippen molar-refractivity contribution in [3.8, 4) is 10.6 Å². The Morgan fingerprint density at radius 1 is 1.03 bits per heavy atom. The molecule has 5 heteroatoms. The topological polar surface area (TPSA) is 54.9 Å². The fraction of sp³-hybridized carbons (Fsp3) is 0.125. The number of amides is 1. The first-order valence-corrected chi connectivity index (χ1v) is 10.3. The van der Waals surface area contributed by atoms with Crippen molar-refractivity contribution >= 4 is 17.2 Å². The molecule has 0 saturated carbocycles. The van der Waals surface area contributed by atoms with E-state index in [4.69, 9.17) is 0 Å². The summed E-state index contributed by atoms with van der Waals surface area (Å²) in [5.74, 6) is -0.0781. The minimum Gasteiger partial charge on any atom is -0.343 e. The van der Waals surface area contributed by atoms with Gasteiger partial charge in [-0.2, -0.15) is 0 Å². The smallest absolute Gasteiger partial charge is 0.226 e. The van der Waals surface area contributed by atoms with Crippen LogP contribution in [0.3, 0.4) is 0 Å². The Labute approximate surface area is 174 Å². The number of rotatable bonds is 6. The Morgan fingerprint density at radius 3 is 2.62 bits per heavy atom. The van der Waals surface area contributed by atoms with Crippen LogP contribution in [0.2, 0.25) is 0 Å². The van der Waals surface area contributed by atoms with Gasteiger partial charge in [-0.1, -0.05) is 60.2 Å². The van der Waals surface area contributed by atoms with Gasteiger partial charge in [-0.3, -0.25) is 9.78 Å². The molecule has 2 aromatic heterocycles. The number of carbonyl (C=O) groups excluding carboxylic acids is 1. The van der Waals surface area contributed by atoms with E-state index in [0.29, 0.717) is 0 Å². The van der Waals surface area contributed by atoms with E-state index >= 15 is 0 Å².